The Hall–Kier alpha value is -1.33. The molecule has 0 aliphatic carbocycles. The average Bonchev–Trinajstić information content (AvgIpc) is 2.69. The van der Waals surface area contributed by atoms with Crippen LogP contribution in [0.25, 0.3) is 0 Å². The minimum Gasteiger partial charge on any atom is -0.330 e. The third-order valence-corrected chi connectivity index (χ3v) is 3.67. The zero-order valence-electron chi connectivity index (χ0n) is 10.1. The summed E-state index contributed by atoms with van der Waals surface area (Å²) in [5.41, 5.74) is 8.18. The second kappa shape index (κ2) is 5.33. The molecule has 0 bridgehead atoms. The van der Waals surface area contributed by atoms with E-state index >= 15 is 0 Å². The second-order valence-corrected chi connectivity index (χ2v) is 4.93. The van der Waals surface area contributed by atoms with Crippen LogP contribution >= 0.6 is 11.8 Å². The maximum Gasteiger partial charge on any atom is 0.190 e. The van der Waals surface area contributed by atoms with Gasteiger partial charge in [-0.2, -0.15) is 5.10 Å². The van der Waals surface area contributed by atoms with Crippen LogP contribution in [0, 0.1) is 6.92 Å². The summed E-state index contributed by atoms with van der Waals surface area (Å²) in [5, 5.41) is 4.96. The first-order valence-corrected chi connectivity index (χ1v) is 6.34. The third-order valence-electron chi connectivity index (χ3n) is 2.50. The van der Waals surface area contributed by atoms with Crippen molar-refractivity contribution in [1.82, 2.24) is 14.8 Å². The molecule has 0 saturated carbocycles. The molecule has 0 aliphatic heterocycles. The normalized spacial score (nSPS) is 10.8. The van der Waals surface area contributed by atoms with E-state index in [4.69, 9.17) is 5.73 Å². The molecule has 0 atom stereocenters. The molecule has 2 rings (SSSR count). The standard InChI is InChI=1S/C12H16N4S/c1-9-3-4-11(10(7-9)5-6-13)17-12-14-8-15-16(12)2/h3-4,7-8H,5-6,13H2,1-2H3. The van der Waals surface area contributed by atoms with Crippen LogP contribution in [0.15, 0.2) is 34.6 Å². The van der Waals surface area contributed by atoms with E-state index in [0.29, 0.717) is 6.54 Å². The summed E-state index contributed by atoms with van der Waals surface area (Å²) in [7, 11) is 1.89. The average molecular weight is 248 g/mol. The molecule has 0 fully saturated rings. The van der Waals surface area contributed by atoms with Gasteiger partial charge in [0.05, 0.1) is 0 Å². The molecule has 0 aliphatic rings. The van der Waals surface area contributed by atoms with Gasteiger partial charge in [-0.15, -0.1) is 0 Å². The predicted molar refractivity (Wildman–Crippen MR) is 69.1 cm³/mol. The fourth-order valence-corrected chi connectivity index (χ4v) is 2.54. The number of rotatable bonds is 4. The van der Waals surface area contributed by atoms with Gasteiger partial charge in [0.2, 0.25) is 0 Å². The van der Waals surface area contributed by atoms with Gasteiger partial charge in [0.15, 0.2) is 5.16 Å². The topological polar surface area (TPSA) is 56.7 Å². The Balaban J connectivity index is 2.29. The molecule has 5 heteroatoms. The fourth-order valence-electron chi connectivity index (χ4n) is 1.64. The van der Waals surface area contributed by atoms with Gasteiger partial charge >= 0.3 is 0 Å². The van der Waals surface area contributed by atoms with Crippen molar-refractivity contribution < 1.29 is 0 Å². The van der Waals surface area contributed by atoms with Crippen LogP contribution in [-0.2, 0) is 13.5 Å². The molecule has 0 amide bonds. The molecule has 4 nitrogen and oxygen atoms in total. The molecule has 1 aromatic carbocycles. The van der Waals surface area contributed by atoms with E-state index in [1.54, 1.807) is 22.8 Å². The zero-order chi connectivity index (χ0) is 12.3. The van der Waals surface area contributed by atoms with Crippen LogP contribution in [-0.4, -0.2) is 21.3 Å². The van der Waals surface area contributed by atoms with Gasteiger partial charge < -0.3 is 5.73 Å². The molecular formula is C12H16N4S. The molecule has 1 aromatic heterocycles. The maximum atomic E-state index is 5.64. The highest BCUT2D eigenvalue weighted by molar-refractivity contribution is 7.99. The van der Waals surface area contributed by atoms with E-state index < -0.39 is 0 Å². The first-order chi connectivity index (χ1) is 8.20. The van der Waals surface area contributed by atoms with E-state index in [2.05, 4.69) is 35.2 Å². The molecule has 0 radical (unpaired) electrons. The lowest BCUT2D eigenvalue weighted by atomic mass is 10.1. The summed E-state index contributed by atoms with van der Waals surface area (Å²) in [4.78, 5) is 5.42. The first-order valence-electron chi connectivity index (χ1n) is 5.52. The summed E-state index contributed by atoms with van der Waals surface area (Å²) in [5.74, 6) is 0. The number of benzene rings is 1. The number of hydrogen-bond acceptors (Lipinski definition) is 4. The summed E-state index contributed by atoms with van der Waals surface area (Å²) in [6, 6.07) is 6.42. The van der Waals surface area contributed by atoms with Crippen molar-refractivity contribution >= 4 is 11.8 Å². The number of hydrogen-bond donors (Lipinski definition) is 1. The van der Waals surface area contributed by atoms with Crippen molar-refractivity contribution in [3.63, 3.8) is 0 Å². The Bertz CT molecular complexity index is 507. The Kier molecular flexibility index (Phi) is 3.81. The molecule has 0 unspecified atom stereocenters. The third kappa shape index (κ3) is 2.87. The summed E-state index contributed by atoms with van der Waals surface area (Å²) >= 11 is 1.63. The van der Waals surface area contributed by atoms with E-state index in [1.165, 1.54) is 16.0 Å². The molecule has 0 saturated heterocycles. The Morgan fingerprint density at radius 1 is 1.41 bits per heavy atom. The highest BCUT2D eigenvalue weighted by atomic mass is 32.2. The molecule has 2 aromatic rings. The van der Waals surface area contributed by atoms with Crippen LogP contribution < -0.4 is 5.73 Å². The van der Waals surface area contributed by atoms with E-state index in [1.807, 2.05) is 7.05 Å². The van der Waals surface area contributed by atoms with Gasteiger partial charge in [0, 0.05) is 11.9 Å². The lowest BCUT2D eigenvalue weighted by Gasteiger charge is -2.08. The van der Waals surface area contributed by atoms with Gasteiger partial charge in [-0.3, -0.25) is 0 Å². The molecule has 1 heterocycles. The highest BCUT2D eigenvalue weighted by Gasteiger charge is 2.08. The van der Waals surface area contributed by atoms with E-state index in [0.717, 1.165) is 11.6 Å². The Morgan fingerprint density at radius 3 is 2.88 bits per heavy atom. The lowest BCUT2D eigenvalue weighted by Crippen LogP contribution is -2.04. The minimum absolute atomic E-state index is 0.663. The summed E-state index contributed by atoms with van der Waals surface area (Å²) < 4.78 is 1.77. The molecule has 90 valence electrons. The summed E-state index contributed by atoms with van der Waals surface area (Å²) in [6.07, 6.45) is 2.46. The van der Waals surface area contributed by atoms with E-state index in [9.17, 15) is 0 Å². The van der Waals surface area contributed by atoms with Crippen LogP contribution in [0.1, 0.15) is 11.1 Å². The van der Waals surface area contributed by atoms with Gasteiger partial charge in [-0.25, -0.2) is 9.67 Å². The minimum atomic E-state index is 0.663. The molecule has 17 heavy (non-hydrogen) atoms. The van der Waals surface area contributed by atoms with Crippen LogP contribution in [0.3, 0.4) is 0 Å². The van der Waals surface area contributed by atoms with Crippen molar-refractivity contribution in [3.05, 3.63) is 35.7 Å². The monoisotopic (exact) mass is 248 g/mol. The number of nitrogens with zero attached hydrogens (tertiary/aromatic N) is 3. The SMILES string of the molecule is Cc1ccc(Sc2ncnn2C)c(CCN)c1. The van der Waals surface area contributed by atoms with Gasteiger partial charge in [0.25, 0.3) is 0 Å². The number of aromatic nitrogens is 3. The van der Waals surface area contributed by atoms with Crippen LogP contribution in [0.5, 0.6) is 0 Å². The smallest absolute Gasteiger partial charge is 0.190 e. The largest absolute Gasteiger partial charge is 0.330 e. The zero-order valence-corrected chi connectivity index (χ0v) is 10.9. The maximum absolute atomic E-state index is 5.64. The fraction of sp³-hybridized carbons (Fsp3) is 0.333. The lowest BCUT2D eigenvalue weighted by molar-refractivity contribution is 0.685. The van der Waals surface area contributed by atoms with Crippen LogP contribution in [0.4, 0.5) is 0 Å². The van der Waals surface area contributed by atoms with Gasteiger partial charge in [-0.1, -0.05) is 17.7 Å². The van der Waals surface area contributed by atoms with Crippen molar-refractivity contribution in [2.24, 2.45) is 12.8 Å². The highest BCUT2D eigenvalue weighted by Crippen LogP contribution is 2.29. The van der Waals surface area contributed by atoms with Crippen molar-refractivity contribution in [1.29, 1.82) is 0 Å². The molecular weight excluding hydrogens is 232 g/mol. The quantitative estimate of drug-likeness (QED) is 0.896. The van der Waals surface area contributed by atoms with Crippen molar-refractivity contribution in [3.8, 4) is 0 Å². The van der Waals surface area contributed by atoms with Gasteiger partial charge in [0.1, 0.15) is 6.33 Å². The summed E-state index contributed by atoms with van der Waals surface area (Å²) in [6.45, 7) is 2.76. The first kappa shape index (κ1) is 12.1. The molecule has 2 N–H and O–H groups in total. The molecule has 0 spiro atoms. The predicted octanol–water partition coefficient (Wildman–Crippen LogP) is 1.78. The Labute approximate surface area is 105 Å². The van der Waals surface area contributed by atoms with Crippen molar-refractivity contribution in [2.75, 3.05) is 6.54 Å². The van der Waals surface area contributed by atoms with Crippen LogP contribution in [0.2, 0.25) is 0 Å². The number of aryl methyl sites for hydroxylation is 2. The van der Waals surface area contributed by atoms with Gasteiger partial charge in [-0.05, 0) is 43.3 Å². The Morgan fingerprint density at radius 2 is 2.24 bits per heavy atom. The van der Waals surface area contributed by atoms with E-state index in [-0.39, 0.29) is 0 Å². The second-order valence-electron chi connectivity index (χ2n) is 3.92. The number of nitrogens with two attached hydrogens (primary N) is 1. The van der Waals surface area contributed by atoms with Crippen molar-refractivity contribution in [2.45, 2.75) is 23.4 Å².